The summed E-state index contributed by atoms with van der Waals surface area (Å²) < 4.78 is 16.2. The number of hydrogen-bond donors (Lipinski definition) is 5. The molecule has 14 rings (SSSR count). The third-order valence-electron chi connectivity index (χ3n) is 19.5. The number of fused-ring (bicyclic) bond motifs is 2. The number of halogens is 6. The van der Waals surface area contributed by atoms with Crippen molar-refractivity contribution in [1.29, 1.82) is 0 Å². The predicted octanol–water partition coefficient (Wildman–Crippen LogP) is 19.1. The number of Topliss-reactive ketones (excluding diaryl/α,β-unsaturated/α-hetero) is 4. The summed E-state index contributed by atoms with van der Waals surface area (Å²) in [5.41, 5.74) is 12.0. The highest BCUT2D eigenvalue weighted by atomic mass is 79.9. The van der Waals surface area contributed by atoms with Crippen LogP contribution in [0, 0.1) is 13.8 Å². The molecule has 0 radical (unpaired) electrons. The smallest absolute Gasteiger partial charge is 0.411 e. The number of hydrogen-bond acceptors (Lipinski definition) is 29. The van der Waals surface area contributed by atoms with Crippen molar-refractivity contribution < 1.29 is 67.6 Å². The number of nitrogens with two attached hydrogens (primary N) is 1. The molecular formula is C94H127Br4Cl2N19O14S7. The number of nitrogens with zero attached hydrogens (tertiary/aromatic N) is 16. The minimum absolute atomic E-state index is 0. The number of ketones is 4. The molecular weight excluding hydrogens is 2230 g/mol. The molecule has 12 heterocycles. The van der Waals surface area contributed by atoms with Gasteiger partial charge in [-0.2, -0.15) is 37.2 Å². The number of benzene rings is 2. The van der Waals surface area contributed by atoms with Gasteiger partial charge in [0.25, 0.3) is 0 Å². The number of amides is 4. The Kier molecular flexibility index (Phi) is 61.9. The van der Waals surface area contributed by atoms with Gasteiger partial charge in [0.2, 0.25) is 11.8 Å². The topological polar surface area (TPSA) is 431 Å². The summed E-state index contributed by atoms with van der Waals surface area (Å²) in [7, 11) is 4.77. The van der Waals surface area contributed by atoms with Gasteiger partial charge in [0.1, 0.15) is 94.6 Å². The summed E-state index contributed by atoms with van der Waals surface area (Å²) in [6.07, 6.45) is 12.6. The van der Waals surface area contributed by atoms with E-state index in [1.807, 2.05) is 133 Å². The van der Waals surface area contributed by atoms with Gasteiger partial charge in [0.05, 0.1) is 36.0 Å². The number of allylic oxidation sites excluding steroid dienone is 1. The fourth-order valence-electron chi connectivity index (χ4n) is 13.7. The molecule has 0 spiro atoms. The molecule has 10 aromatic rings. The Hall–Kier alpha value is -9.16. The summed E-state index contributed by atoms with van der Waals surface area (Å²) in [5.74, 6) is -0.353. The van der Waals surface area contributed by atoms with E-state index in [2.05, 4.69) is 169 Å². The largest absolute Gasteiger partial charge is 0.480 e. The Balaban J connectivity index is 0. The van der Waals surface area contributed by atoms with Crippen molar-refractivity contribution in [3.63, 3.8) is 0 Å². The van der Waals surface area contributed by atoms with E-state index in [0.29, 0.717) is 105 Å². The summed E-state index contributed by atoms with van der Waals surface area (Å²) in [6.45, 7) is 23.3. The van der Waals surface area contributed by atoms with Crippen LogP contribution in [-0.4, -0.2) is 224 Å². The molecule has 33 nitrogen and oxygen atoms in total. The lowest BCUT2D eigenvalue weighted by atomic mass is 10.0. The number of carboxylic acid groups (broad SMARTS) is 2. The standard InChI is InChI=1S/C26H24BrN7O3.C16H21BrN2O3.C16H14N4O3.C11H13BrN2O.C10H17NO4.C6H12ClN.C5H5BrN2.4CH4.ClH.S3.S2.2H2S/c1-15(35)25-19-11-17(18-12-28-16(2)29-13-18)8-9-20(19)34(32-25)14-24(36)33-10-4-5-21(33)26(37)31-23-7-3-6-22(27)30-23;1-16(2,3)22-15(21)19-9-5-7-12(19)13(20)10-11-6-4-8-14(17)18-11;1-9(21)16-13-4-3-11(12-6-17-10(2)18-7-12)5-14(13)20(19-16)8-15(22)23;12-11-5-1-3-8(14-11)7-10(15)9-4-2-6-13-9;1-10(2,3)15-9(14)11-6-4-5-7(11)8(12)13;1-5(2)6(7)8(3)4;6-4-2-1-3-5(7)8-4;;;;;;1-3-2;1-2;;/h3,6-9,11-13,21H,4-5,10,14H2,1-2H3,(H,30,31,37);4,6,8,12H,5,7,9-10H2,1-3H3;3-7H,8H2,1-2H3,(H,22,23);1,3,5,9,13H,2,4,6-7H2;7H,4-6H2,1-3H3,(H,12,13);1-4H3;1-3H,(H2,7,8);4*1H4;1H;;;2*1H2/t21-;12-;;9-;7-;;;;;;;;;;;/m00.00.........../s1. The molecule has 4 saturated heterocycles. The third-order valence-corrected chi connectivity index (χ3v) is 22.0. The lowest BCUT2D eigenvalue weighted by Gasteiger charge is -2.27. The molecule has 0 bridgehead atoms. The van der Waals surface area contributed by atoms with Gasteiger partial charge < -0.3 is 45.9 Å². The molecule has 8 aromatic heterocycles. The number of aliphatic carboxylic acids is 2. The van der Waals surface area contributed by atoms with E-state index in [9.17, 15) is 47.9 Å². The Bertz CT molecular complexity index is 5800. The van der Waals surface area contributed by atoms with E-state index in [0.717, 1.165) is 95.4 Å². The van der Waals surface area contributed by atoms with Crippen LogP contribution in [0.25, 0.3) is 44.1 Å². The van der Waals surface area contributed by atoms with Crippen LogP contribution in [0.15, 0.2) is 163 Å². The highest BCUT2D eigenvalue weighted by molar-refractivity contribution is 9.11. The van der Waals surface area contributed by atoms with Gasteiger partial charge in [-0.25, -0.2) is 54.3 Å². The van der Waals surface area contributed by atoms with Crippen LogP contribution < -0.4 is 16.4 Å². The predicted molar refractivity (Wildman–Crippen MR) is 592 cm³/mol. The third kappa shape index (κ3) is 43.6. The van der Waals surface area contributed by atoms with Gasteiger partial charge in [-0.1, -0.05) is 77.7 Å². The number of nitrogen functional groups attached to an aromatic ring is 1. The molecule has 2 aromatic carbocycles. The number of rotatable bonds is 18. The maximum absolute atomic E-state index is 13.3. The second kappa shape index (κ2) is 65.2. The molecule has 4 aliphatic heterocycles. The Labute approximate surface area is 901 Å². The van der Waals surface area contributed by atoms with Crippen LogP contribution in [0.3, 0.4) is 0 Å². The number of carbonyl (C=O) groups is 10. The summed E-state index contributed by atoms with van der Waals surface area (Å²) >= 11 is 34.4. The summed E-state index contributed by atoms with van der Waals surface area (Å²) in [6, 6.07) is 31.1. The zero-order chi connectivity index (χ0) is 98.7. The van der Waals surface area contributed by atoms with E-state index >= 15 is 0 Å². The summed E-state index contributed by atoms with van der Waals surface area (Å²) in [5, 5.41) is 34.6. The molecule has 140 heavy (non-hydrogen) atoms. The van der Waals surface area contributed by atoms with Gasteiger partial charge >= 0.3 is 24.1 Å². The highest BCUT2D eigenvalue weighted by Gasteiger charge is 2.39. The Morgan fingerprint density at radius 1 is 0.543 bits per heavy atom. The van der Waals surface area contributed by atoms with Crippen molar-refractivity contribution in [2.45, 2.75) is 225 Å². The molecule has 0 aliphatic carbocycles. The van der Waals surface area contributed by atoms with E-state index in [1.165, 1.54) is 28.1 Å². The van der Waals surface area contributed by atoms with Gasteiger partial charge in [0, 0.05) is 159 Å². The molecule has 0 saturated carbocycles. The van der Waals surface area contributed by atoms with Crippen LogP contribution in [0.5, 0.6) is 0 Å². The average Bonchev–Trinajstić information content (AvgIpc) is 1.63. The van der Waals surface area contributed by atoms with Crippen LogP contribution in [0.2, 0.25) is 0 Å². The van der Waals surface area contributed by atoms with Crippen molar-refractivity contribution in [2.75, 3.05) is 51.3 Å². The van der Waals surface area contributed by atoms with Crippen LogP contribution in [-0.2, 0) is 118 Å². The number of carboxylic acids is 2. The number of pyridine rings is 4. The lowest BCUT2D eigenvalue weighted by molar-refractivity contribution is -0.142. The maximum Gasteiger partial charge on any atom is 0.411 e. The van der Waals surface area contributed by atoms with E-state index in [-0.39, 0.29) is 141 Å². The van der Waals surface area contributed by atoms with E-state index in [1.54, 1.807) is 98.7 Å². The van der Waals surface area contributed by atoms with E-state index < -0.39 is 53.5 Å². The summed E-state index contributed by atoms with van der Waals surface area (Å²) in [4.78, 5) is 160. The first-order valence-electron chi connectivity index (χ1n) is 41.6. The molecule has 4 amide bonds. The minimum Gasteiger partial charge on any atom is -0.480 e. The van der Waals surface area contributed by atoms with Crippen molar-refractivity contribution in [3.05, 3.63) is 198 Å². The monoisotopic (exact) mass is 2360 g/mol. The molecule has 46 heteroatoms. The lowest BCUT2D eigenvalue weighted by Crippen LogP contribution is -2.44. The van der Waals surface area contributed by atoms with Gasteiger partial charge in [-0.15, -0.1) is 12.4 Å². The number of nitrogens with one attached hydrogen (secondary N) is 2. The van der Waals surface area contributed by atoms with Crippen molar-refractivity contribution in [3.8, 4) is 22.3 Å². The van der Waals surface area contributed by atoms with Crippen molar-refractivity contribution >= 4 is 261 Å². The van der Waals surface area contributed by atoms with Crippen molar-refractivity contribution in [1.82, 2.24) is 84.3 Å². The number of ether oxygens (including phenoxy) is 2. The first-order valence-corrected chi connectivity index (χ1v) is 49.2. The Morgan fingerprint density at radius 3 is 1.38 bits per heavy atom. The molecule has 4 aliphatic rings. The second-order valence-electron chi connectivity index (χ2n) is 32.6. The molecule has 4 fully saturated rings. The molecule has 6 N–H and O–H groups in total. The zero-order valence-electron chi connectivity index (χ0n) is 77.2. The number of anilines is 2. The fraction of sp³-hybridized carbons (Fsp3) is 0.426. The van der Waals surface area contributed by atoms with Crippen LogP contribution in [0.1, 0.15) is 194 Å². The normalized spacial score (nSPS) is 14.3. The number of carbonyl (C=O) groups excluding carboxylic acids is 8. The van der Waals surface area contributed by atoms with Gasteiger partial charge in [0.15, 0.2) is 23.1 Å². The quantitative estimate of drug-likeness (QED) is 0.0302. The fourth-order valence-corrected chi connectivity index (χ4v) is 15.1. The van der Waals surface area contributed by atoms with E-state index in [4.69, 9.17) is 37.0 Å². The average molecular weight is 2360 g/mol. The number of aromatic nitrogens is 12. The maximum atomic E-state index is 13.3. The van der Waals surface area contributed by atoms with Crippen LogP contribution >= 0.6 is 115 Å². The Morgan fingerprint density at radius 2 is 0.964 bits per heavy atom. The first-order chi connectivity index (χ1) is 62.8. The van der Waals surface area contributed by atoms with Crippen molar-refractivity contribution in [2.24, 2.45) is 0 Å². The molecule has 0 unspecified atom stereocenters. The molecule has 4 atom stereocenters. The van der Waals surface area contributed by atoms with Gasteiger partial charge in [-0.3, -0.25) is 52.7 Å². The second-order valence-corrected chi connectivity index (χ2v) is 38.0. The molecule has 766 valence electrons. The highest BCUT2D eigenvalue weighted by Crippen LogP contribution is 2.31. The minimum atomic E-state index is -1.02. The van der Waals surface area contributed by atoms with Crippen LogP contribution in [0.4, 0.5) is 21.2 Å². The first kappa shape index (κ1) is 133. The number of aryl methyl sites for hydroxylation is 2. The number of likely N-dealkylation sites (tertiary alicyclic amines) is 3. The van der Waals surface area contributed by atoms with Gasteiger partial charge in [-0.05, 0) is 280 Å². The zero-order valence-corrected chi connectivity index (χ0v) is 91.2. The SMILES string of the molecule is C.C.C.C.CC(=O)c1nn(CC(=O)N2CCC[C@H]2C(=O)Nc2cccc(Br)n2)c2ccc(-c3cnc(C)nc3)cc12.CC(=O)c1nn(CC(=O)O)c2cc(-c3cnc(C)nc3)ccc12.CC(C)(C)OC(=O)N1CCC[C@H]1C(=O)Cc1cccc(Br)n1.CC(C)(C)OC(=O)N1CCC[C@H]1C(=O)O.CC(C)=C(Cl)N(C)C.Cl.Nc1cccc(Br)n1.O=C(Cc1cccc(Br)n1)[C@@H]1CCCN1.S.S.S=S.S=S=S.